The van der Waals surface area contributed by atoms with E-state index in [2.05, 4.69) is 72.1 Å². The number of hydrogen-bond donors (Lipinski definition) is 1. The SMILES string of the molecule is COCc1ccc(CNC(C)c2cnn(Cc3ccccc3)c2)cc1. The van der Waals surface area contributed by atoms with Crippen molar-refractivity contribution in [3.05, 3.63) is 89.2 Å². The van der Waals surface area contributed by atoms with E-state index in [1.807, 2.05) is 16.9 Å². The van der Waals surface area contributed by atoms with E-state index >= 15 is 0 Å². The van der Waals surface area contributed by atoms with Crippen LogP contribution in [0.5, 0.6) is 0 Å². The predicted molar refractivity (Wildman–Crippen MR) is 100 cm³/mol. The molecule has 0 aliphatic heterocycles. The third-order valence-corrected chi connectivity index (χ3v) is 4.29. The molecule has 3 aromatic rings. The molecule has 4 heteroatoms. The van der Waals surface area contributed by atoms with Crippen molar-refractivity contribution in [2.45, 2.75) is 32.7 Å². The molecule has 1 N–H and O–H groups in total. The first-order chi connectivity index (χ1) is 12.2. The minimum absolute atomic E-state index is 0.253. The topological polar surface area (TPSA) is 39.1 Å². The van der Waals surface area contributed by atoms with Gasteiger partial charge in [0.25, 0.3) is 0 Å². The normalized spacial score (nSPS) is 12.2. The Hall–Kier alpha value is -2.43. The van der Waals surface area contributed by atoms with Crippen LogP contribution < -0.4 is 5.32 Å². The molecule has 4 nitrogen and oxygen atoms in total. The molecular formula is C21H25N3O. The van der Waals surface area contributed by atoms with Crippen LogP contribution in [0.4, 0.5) is 0 Å². The molecule has 1 heterocycles. The molecule has 1 atom stereocenters. The van der Waals surface area contributed by atoms with Crippen LogP contribution in [0.25, 0.3) is 0 Å². The van der Waals surface area contributed by atoms with Crippen LogP contribution in [0.2, 0.25) is 0 Å². The lowest BCUT2D eigenvalue weighted by Gasteiger charge is -2.12. The lowest BCUT2D eigenvalue weighted by atomic mass is 10.1. The van der Waals surface area contributed by atoms with E-state index in [0.717, 1.165) is 13.1 Å². The Morgan fingerprint density at radius 2 is 1.72 bits per heavy atom. The van der Waals surface area contributed by atoms with Gasteiger partial charge in [-0.15, -0.1) is 0 Å². The molecule has 1 unspecified atom stereocenters. The van der Waals surface area contributed by atoms with E-state index in [-0.39, 0.29) is 6.04 Å². The van der Waals surface area contributed by atoms with Gasteiger partial charge in [-0.25, -0.2) is 0 Å². The first-order valence-corrected chi connectivity index (χ1v) is 8.61. The summed E-state index contributed by atoms with van der Waals surface area (Å²) in [5.74, 6) is 0. The van der Waals surface area contributed by atoms with Crippen LogP contribution in [0.1, 0.15) is 35.2 Å². The van der Waals surface area contributed by atoms with E-state index in [0.29, 0.717) is 6.61 Å². The second-order valence-corrected chi connectivity index (χ2v) is 6.31. The Labute approximate surface area is 149 Å². The van der Waals surface area contributed by atoms with Crippen molar-refractivity contribution in [2.24, 2.45) is 0 Å². The van der Waals surface area contributed by atoms with E-state index in [4.69, 9.17) is 4.74 Å². The van der Waals surface area contributed by atoms with Gasteiger partial charge in [0.2, 0.25) is 0 Å². The Morgan fingerprint density at radius 1 is 1.00 bits per heavy atom. The molecule has 130 valence electrons. The van der Waals surface area contributed by atoms with Crippen molar-refractivity contribution in [1.29, 1.82) is 0 Å². The molecule has 0 fully saturated rings. The van der Waals surface area contributed by atoms with Crippen molar-refractivity contribution in [3.8, 4) is 0 Å². The first kappa shape index (κ1) is 17.4. The number of benzene rings is 2. The molecule has 0 saturated heterocycles. The maximum atomic E-state index is 5.14. The number of nitrogens with one attached hydrogen (secondary N) is 1. The smallest absolute Gasteiger partial charge is 0.0713 e. The highest BCUT2D eigenvalue weighted by Gasteiger charge is 2.08. The molecule has 1 aromatic heterocycles. The van der Waals surface area contributed by atoms with Gasteiger partial charge >= 0.3 is 0 Å². The third kappa shape index (κ3) is 5.02. The van der Waals surface area contributed by atoms with Gasteiger partial charge in [0.1, 0.15) is 0 Å². The fourth-order valence-corrected chi connectivity index (χ4v) is 2.77. The van der Waals surface area contributed by atoms with E-state index in [1.54, 1.807) is 7.11 Å². The fraction of sp³-hybridized carbons (Fsp3) is 0.286. The Kier molecular flexibility index (Phi) is 5.99. The van der Waals surface area contributed by atoms with Crippen molar-refractivity contribution in [1.82, 2.24) is 15.1 Å². The number of ether oxygens (including phenoxy) is 1. The Morgan fingerprint density at radius 3 is 2.44 bits per heavy atom. The molecule has 0 saturated carbocycles. The molecular weight excluding hydrogens is 310 g/mol. The maximum absolute atomic E-state index is 5.14. The van der Waals surface area contributed by atoms with E-state index < -0.39 is 0 Å². The van der Waals surface area contributed by atoms with Gasteiger partial charge in [-0.05, 0) is 23.6 Å². The third-order valence-electron chi connectivity index (χ3n) is 4.29. The Bertz CT molecular complexity index is 765. The van der Waals surface area contributed by atoms with Crippen LogP contribution in [0.15, 0.2) is 67.0 Å². The molecule has 0 aliphatic carbocycles. The summed E-state index contributed by atoms with van der Waals surface area (Å²) in [7, 11) is 1.72. The predicted octanol–water partition coefficient (Wildman–Crippen LogP) is 3.93. The van der Waals surface area contributed by atoms with Crippen LogP contribution in [0.3, 0.4) is 0 Å². The summed E-state index contributed by atoms with van der Waals surface area (Å²) in [6.45, 7) is 4.46. The van der Waals surface area contributed by atoms with Crippen LogP contribution >= 0.6 is 0 Å². The zero-order valence-electron chi connectivity index (χ0n) is 14.9. The second-order valence-electron chi connectivity index (χ2n) is 6.31. The van der Waals surface area contributed by atoms with Crippen molar-refractivity contribution in [2.75, 3.05) is 7.11 Å². The highest BCUT2D eigenvalue weighted by atomic mass is 16.5. The lowest BCUT2D eigenvalue weighted by molar-refractivity contribution is 0.185. The summed E-state index contributed by atoms with van der Waals surface area (Å²) in [4.78, 5) is 0. The fourth-order valence-electron chi connectivity index (χ4n) is 2.77. The van der Waals surface area contributed by atoms with Gasteiger partial charge < -0.3 is 10.1 Å². The minimum Gasteiger partial charge on any atom is -0.380 e. The van der Waals surface area contributed by atoms with Crippen LogP contribution in [-0.2, 0) is 24.4 Å². The number of hydrogen-bond acceptors (Lipinski definition) is 3. The molecule has 0 spiro atoms. The molecule has 0 amide bonds. The molecule has 2 aromatic carbocycles. The summed E-state index contributed by atoms with van der Waals surface area (Å²) >= 11 is 0. The van der Waals surface area contributed by atoms with Gasteiger partial charge in [-0.2, -0.15) is 5.10 Å². The van der Waals surface area contributed by atoms with Crippen molar-refractivity contribution >= 4 is 0 Å². The van der Waals surface area contributed by atoms with E-state index in [9.17, 15) is 0 Å². The van der Waals surface area contributed by atoms with Gasteiger partial charge in [-0.3, -0.25) is 4.68 Å². The maximum Gasteiger partial charge on any atom is 0.0713 e. The number of aromatic nitrogens is 2. The Balaban J connectivity index is 1.53. The van der Waals surface area contributed by atoms with Crippen LogP contribution in [0, 0.1) is 0 Å². The monoisotopic (exact) mass is 335 g/mol. The lowest BCUT2D eigenvalue weighted by Crippen LogP contribution is -2.17. The summed E-state index contributed by atoms with van der Waals surface area (Å²) in [5.41, 5.74) is 4.92. The average Bonchev–Trinajstić information content (AvgIpc) is 3.10. The highest BCUT2D eigenvalue weighted by molar-refractivity contribution is 5.22. The minimum atomic E-state index is 0.253. The average molecular weight is 335 g/mol. The number of rotatable bonds is 8. The highest BCUT2D eigenvalue weighted by Crippen LogP contribution is 2.14. The summed E-state index contributed by atoms with van der Waals surface area (Å²) < 4.78 is 7.13. The quantitative estimate of drug-likeness (QED) is 0.678. The largest absolute Gasteiger partial charge is 0.380 e. The van der Waals surface area contributed by atoms with E-state index in [1.165, 1.54) is 22.3 Å². The zero-order valence-corrected chi connectivity index (χ0v) is 14.9. The number of methoxy groups -OCH3 is 1. The molecule has 3 rings (SSSR count). The second kappa shape index (κ2) is 8.60. The van der Waals surface area contributed by atoms with Gasteiger partial charge in [0.05, 0.1) is 19.3 Å². The summed E-state index contributed by atoms with van der Waals surface area (Å²) in [5, 5.41) is 8.04. The summed E-state index contributed by atoms with van der Waals surface area (Å²) in [6.07, 6.45) is 4.06. The zero-order chi connectivity index (χ0) is 17.5. The molecule has 0 radical (unpaired) electrons. The van der Waals surface area contributed by atoms with Gasteiger partial charge in [0, 0.05) is 31.5 Å². The molecule has 0 aliphatic rings. The standard InChI is InChI=1S/C21H25N3O/c1-17(22-12-18-8-10-20(11-9-18)16-25-2)21-13-23-24(15-21)14-19-6-4-3-5-7-19/h3-11,13,15,17,22H,12,14,16H2,1-2H3. The van der Waals surface area contributed by atoms with Crippen molar-refractivity contribution < 1.29 is 4.74 Å². The van der Waals surface area contributed by atoms with Gasteiger partial charge in [0.15, 0.2) is 0 Å². The van der Waals surface area contributed by atoms with Gasteiger partial charge in [-0.1, -0.05) is 54.6 Å². The molecule has 25 heavy (non-hydrogen) atoms. The number of nitrogens with zero attached hydrogens (tertiary/aromatic N) is 2. The molecule has 0 bridgehead atoms. The first-order valence-electron chi connectivity index (χ1n) is 8.61. The van der Waals surface area contributed by atoms with Crippen molar-refractivity contribution in [3.63, 3.8) is 0 Å². The van der Waals surface area contributed by atoms with Crippen LogP contribution in [-0.4, -0.2) is 16.9 Å². The summed E-state index contributed by atoms with van der Waals surface area (Å²) in [6, 6.07) is 19.2.